The number of hydrogen-bond donors (Lipinski definition) is 1. The molecular weight excluding hydrogens is 290 g/mol. The first-order chi connectivity index (χ1) is 11.4. The van der Waals surface area contributed by atoms with Crippen molar-refractivity contribution in [1.82, 2.24) is 25.1 Å². The van der Waals surface area contributed by atoms with E-state index in [9.17, 15) is 0 Å². The van der Waals surface area contributed by atoms with E-state index in [1.165, 1.54) is 12.0 Å². The van der Waals surface area contributed by atoms with Crippen LogP contribution in [0.25, 0.3) is 11.4 Å². The van der Waals surface area contributed by atoms with E-state index in [-0.39, 0.29) is 0 Å². The molecule has 6 heteroatoms. The van der Waals surface area contributed by atoms with Gasteiger partial charge in [0.15, 0.2) is 5.82 Å². The summed E-state index contributed by atoms with van der Waals surface area (Å²) in [5, 5.41) is 7.47. The van der Waals surface area contributed by atoms with Gasteiger partial charge in [-0.1, -0.05) is 0 Å². The third-order valence-corrected chi connectivity index (χ3v) is 4.30. The Morgan fingerprint density at radius 3 is 3.17 bits per heavy atom. The molecule has 118 valence electrons. The highest BCUT2D eigenvalue weighted by Gasteiger charge is 2.24. The predicted molar refractivity (Wildman–Crippen MR) is 85.6 cm³/mol. The van der Waals surface area contributed by atoms with Crippen LogP contribution in [0.4, 0.5) is 0 Å². The van der Waals surface area contributed by atoms with Crippen molar-refractivity contribution in [3.8, 4) is 11.4 Å². The largest absolute Gasteiger partial charge is 0.472 e. The van der Waals surface area contributed by atoms with E-state index >= 15 is 0 Å². The molecule has 1 aliphatic heterocycles. The van der Waals surface area contributed by atoms with Gasteiger partial charge in [0, 0.05) is 42.5 Å². The molecule has 0 amide bonds. The number of likely N-dealkylation sites (tertiary alicyclic amines) is 1. The molecule has 3 aromatic rings. The van der Waals surface area contributed by atoms with Crippen LogP contribution < -0.4 is 0 Å². The second kappa shape index (κ2) is 6.34. The summed E-state index contributed by atoms with van der Waals surface area (Å²) >= 11 is 0. The summed E-state index contributed by atoms with van der Waals surface area (Å²) in [6.07, 6.45) is 9.41. The summed E-state index contributed by atoms with van der Waals surface area (Å²) in [4.78, 5) is 11.3. The van der Waals surface area contributed by atoms with E-state index < -0.39 is 0 Å². The minimum absolute atomic E-state index is 0.397. The van der Waals surface area contributed by atoms with E-state index in [0.717, 1.165) is 43.3 Å². The average molecular weight is 309 g/mol. The van der Waals surface area contributed by atoms with Crippen molar-refractivity contribution in [3.05, 3.63) is 54.5 Å². The Morgan fingerprint density at radius 1 is 1.35 bits per heavy atom. The zero-order valence-corrected chi connectivity index (χ0v) is 12.9. The summed E-state index contributed by atoms with van der Waals surface area (Å²) in [7, 11) is 0. The van der Waals surface area contributed by atoms with Gasteiger partial charge in [-0.25, -0.2) is 4.98 Å². The van der Waals surface area contributed by atoms with E-state index in [1.54, 1.807) is 18.7 Å². The first-order valence-corrected chi connectivity index (χ1v) is 7.94. The van der Waals surface area contributed by atoms with Crippen molar-refractivity contribution in [2.24, 2.45) is 0 Å². The Balaban J connectivity index is 1.46. The molecule has 0 spiro atoms. The molecule has 1 N–H and O–H groups in total. The lowest BCUT2D eigenvalue weighted by atomic mass is 9.97. The molecule has 0 saturated carbocycles. The van der Waals surface area contributed by atoms with Crippen LogP contribution in [0.5, 0.6) is 0 Å². The van der Waals surface area contributed by atoms with Gasteiger partial charge in [-0.3, -0.25) is 15.0 Å². The van der Waals surface area contributed by atoms with Crippen LogP contribution in [0.1, 0.15) is 30.1 Å². The Morgan fingerprint density at radius 2 is 2.35 bits per heavy atom. The van der Waals surface area contributed by atoms with Crippen LogP contribution in [-0.2, 0) is 6.54 Å². The molecule has 4 heterocycles. The maximum absolute atomic E-state index is 5.16. The molecule has 0 radical (unpaired) electrons. The third kappa shape index (κ3) is 3.17. The third-order valence-electron chi connectivity index (χ3n) is 4.30. The second-order valence-electron chi connectivity index (χ2n) is 5.99. The van der Waals surface area contributed by atoms with Gasteiger partial charge in [-0.05, 0) is 37.6 Å². The topological polar surface area (TPSA) is 70.8 Å². The maximum atomic E-state index is 5.16. The molecule has 1 aliphatic rings. The van der Waals surface area contributed by atoms with Crippen LogP contribution in [-0.4, -0.2) is 38.2 Å². The number of hydrogen-bond acceptors (Lipinski definition) is 5. The second-order valence-corrected chi connectivity index (χ2v) is 5.99. The fraction of sp³-hybridized carbons (Fsp3) is 0.353. The number of aromatic nitrogens is 4. The van der Waals surface area contributed by atoms with Crippen molar-refractivity contribution in [1.29, 1.82) is 0 Å². The number of piperidine rings is 1. The quantitative estimate of drug-likeness (QED) is 0.802. The fourth-order valence-electron chi connectivity index (χ4n) is 3.14. The molecule has 23 heavy (non-hydrogen) atoms. The van der Waals surface area contributed by atoms with Gasteiger partial charge >= 0.3 is 0 Å². The van der Waals surface area contributed by atoms with E-state index in [2.05, 4.69) is 25.1 Å². The summed E-state index contributed by atoms with van der Waals surface area (Å²) < 4.78 is 5.16. The monoisotopic (exact) mass is 309 g/mol. The van der Waals surface area contributed by atoms with Crippen molar-refractivity contribution in [2.75, 3.05) is 13.1 Å². The predicted octanol–water partition coefficient (Wildman–Crippen LogP) is 2.84. The van der Waals surface area contributed by atoms with Gasteiger partial charge in [0.25, 0.3) is 0 Å². The molecule has 0 bridgehead atoms. The summed E-state index contributed by atoms with van der Waals surface area (Å²) in [6.45, 7) is 3.04. The fourth-order valence-corrected chi connectivity index (χ4v) is 3.14. The Bertz CT molecular complexity index is 737. The van der Waals surface area contributed by atoms with Crippen molar-refractivity contribution in [3.63, 3.8) is 0 Å². The lowest BCUT2D eigenvalue weighted by Gasteiger charge is -2.31. The molecule has 1 saturated heterocycles. The first-order valence-electron chi connectivity index (χ1n) is 7.94. The summed E-state index contributed by atoms with van der Waals surface area (Å²) in [6, 6.07) is 5.91. The Labute approximate surface area is 134 Å². The first kappa shape index (κ1) is 14.1. The highest BCUT2D eigenvalue weighted by atomic mass is 16.3. The SMILES string of the molecule is c1cncc(-c2n[nH]c(C3CCCN(Cc4ccoc4)C3)n2)c1. The average Bonchev–Trinajstić information content (AvgIpc) is 3.28. The molecule has 1 atom stereocenters. The van der Waals surface area contributed by atoms with Crippen LogP contribution in [0.2, 0.25) is 0 Å². The molecule has 4 rings (SSSR count). The van der Waals surface area contributed by atoms with Crippen LogP contribution in [0.3, 0.4) is 0 Å². The maximum Gasteiger partial charge on any atom is 0.182 e. The van der Waals surface area contributed by atoms with E-state index in [1.807, 2.05) is 24.5 Å². The number of furan rings is 1. The van der Waals surface area contributed by atoms with Gasteiger partial charge < -0.3 is 4.42 Å². The zero-order valence-electron chi connectivity index (χ0n) is 12.9. The van der Waals surface area contributed by atoms with Crippen molar-refractivity contribution in [2.45, 2.75) is 25.3 Å². The van der Waals surface area contributed by atoms with Gasteiger partial charge in [0.1, 0.15) is 5.82 Å². The van der Waals surface area contributed by atoms with Crippen LogP contribution in [0, 0.1) is 0 Å². The van der Waals surface area contributed by atoms with Gasteiger partial charge in [-0.15, -0.1) is 0 Å². The summed E-state index contributed by atoms with van der Waals surface area (Å²) in [5.41, 5.74) is 2.17. The number of nitrogens with one attached hydrogen (secondary N) is 1. The van der Waals surface area contributed by atoms with Crippen LogP contribution >= 0.6 is 0 Å². The summed E-state index contributed by atoms with van der Waals surface area (Å²) in [5.74, 6) is 2.09. The smallest absolute Gasteiger partial charge is 0.182 e. The van der Waals surface area contributed by atoms with Gasteiger partial charge in [0.05, 0.1) is 12.5 Å². The molecule has 0 aliphatic carbocycles. The molecule has 6 nitrogen and oxygen atoms in total. The lowest BCUT2D eigenvalue weighted by Crippen LogP contribution is -2.34. The molecule has 3 aromatic heterocycles. The minimum atomic E-state index is 0.397. The number of nitrogens with zero attached hydrogens (tertiary/aromatic N) is 4. The van der Waals surface area contributed by atoms with E-state index in [4.69, 9.17) is 4.42 Å². The number of aromatic amines is 1. The van der Waals surface area contributed by atoms with E-state index in [0.29, 0.717) is 5.92 Å². The Kier molecular flexibility index (Phi) is 3.90. The minimum Gasteiger partial charge on any atom is -0.472 e. The molecule has 0 aromatic carbocycles. The Hall–Kier alpha value is -2.47. The number of H-pyrrole nitrogens is 1. The zero-order chi connectivity index (χ0) is 15.5. The van der Waals surface area contributed by atoms with Gasteiger partial charge in [0.2, 0.25) is 0 Å². The standard InChI is InChI=1S/C17H19N5O/c1-3-14(9-18-6-1)16-19-17(21-20-16)15-4-2-7-22(11-15)10-13-5-8-23-12-13/h1,3,5-6,8-9,12,15H,2,4,7,10-11H2,(H,19,20,21). The van der Waals surface area contributed by atoms with Crippen molar-refractivity contribution >= 4 is 0 Å². The highest BCUT2D eigenvalue weighted by Crippen LogP contribution is 2.26. The van der Waals surface area contributed by atoms with Crippen molar-refractivity contribution < 1.29 is 4.42 Å². The van der Waals surface area contributed by atoms with Crippen LogP contribution in [0.15, 0.2) is 47.5 Å². The number of rotatable bonds is 4. The number of pyridine rings is 1. The molecule has 1 unspecified atom stereocenters. The van der Waals surface area contributed by atoms with Gasteiger partial charge in [-0.2, -0.15) is 5.10 Å². The highest BCUT2D eigenvalue weighted by molar-refractivity contribution is 5.52. The normalized spacial score (nSPS) is 19.0. The molecular formula is C17H19N5O. The molecule has 1 fully saturated rings. The lowest BCUT2D eigenvalue weighted by molar-refractivity contribution is 0.196.